The van der Waals surface area contributed by atoms with Gasteiger partial charge in [-0.1, -0.05) is 23.2 Å². The van der Waals surface area contributed by atoms with Crippen LogP contribution < -0.4 is 4.72 Å². The summed E-state index contributed by atoms with van der Waals surface area (Å²) in [6.07, 6.45) is 2.99. The molecule has 1 aromatic heterocycles. The molecule has 21 heavy (non-hydrogen) atoms. The predicted molar refractivity (Wildman–Crippen MR) is 81.4 cm³/mol. The van der Waals surface area contributed by atoms with Crippen LogP contribution in [-0.4, -0.2) is 31.9 Å². The van der Waals surface area contributed by atoms with E-state index >= 15 is 0 Å². The lowest BCUT2D eigenvalue weighted by molar-refractivity contribution is 0.183. The van der Waals surface area contributed by atoms with Crippen molar-refractivity contribution in [3.63, 3.8) is 0 Å². The van der Waals surface area contributed by atoms with E-state index in [-0.39, 0.29) is 14.9 Å². The SMILES string of the molecule is COCCn1cc(NS(=O)(=O)c2cc(Cl)cc(Cl)c2)cn1. The van der Waals surface area contributed by atoms with Gasteiger partial charge in [0.1, 0.15) is 0 Å². The second-order valence-corrected chi connectivity index (χ2v) is 6.75. The zero-order chi connectivity index (χ0) is 15.5. The van der Waals surface area contributed by atoms with E-state index in [4.69, 9.17) is 27.9 Å². The number of ether oxygens (including phenoxy) is 1. The van der Waals surface area contributed by atoms with Gasteiger partial charge in [-0.15, -0.1) is 0 Å². The summed E-state index contributed by atoms with van der Waals surface area (Å²) >= 11 is 11.6. The number of hydrogen-bond acceptors (Lipinski definition) is 4. The topological polar surface area (TPSA) is 73.2 Å². The molecule has 0 spiro atoms. The van der Waals surface area contributed by atoms with Crippen molar-refractivity contribution < 1.29 is 13.2 Å². The number of rotatable bonds is 6. The highest BCUT2D eigenvalue weighted by Gasteiger charge is 2.16. The number of benzene rings is 1. The number of hydrogen-bond donors (Lipinski definition) is 1. The lowest BCUT2D eigenvalue weighted by atomic mass is 10.4. The molecule has 0 saturated carbocycles. The molecule has 0 radical (unpaired) electrons. The van der Waals surface area contributed by atoms with Crippen molar-refractivity contribution in [3.8, 4) is 0 Å². The quantitative estimate of drug-likeness (QED) is 0.869. The van der Waals surface area contributed by atoms with Crippen molar-refractivity contribution in [2.75, 3.05) is 18.4 Å². The molecule has 0 aliphatic heterocycles. The molecule has 6 nitrogen and oxygen atoms in total. The Bertz CT molecular complexity index is 711. The Morgan fingerprint density at radius 3 is 2.57 bits per heavy atom. The van der Waals surface area contributed by atoms with Gasteiger partial charge in [-0.2, -0.15) is 5.10 Å². The molecule has 9 heteroatoms. The monoisotopic (exact) mass is 349 g/mol. The molecule has 1 N–H and O–H groups in total. The Balaban J connectivity index is 2.19. The fourth-order valence-corrected chi connectivity index (χ4v) is 3.37. The molecule has 2 aromatic rings. The molecule has 0 aliphatic rings. The van der Waals surface area contributed by atoms with E-state index in [0.717, 1.165) is 0 Å². The van der Waals surface area contributed by atoms with Crippen LogP contribution in [0.1, 0.15) is 0 Å². The molecule has 0 saturated heterocycles. The Morgan fingerprint density at radius 1 is 1.29 bits per heavy atom. The van der Waals surface area contributed by atoms with Crippen molar-refractivity contribution in [3.05, 3.63) is 40.6 Å². The van der Waals surface area contributed by atoms with E-state index in [0.29, 0.717) is 18.8 Å². The smallest absolute Gasteiger partial charge is 0.262 e. The number of anilines is 1. The number of halogens is 2. The van der Waals surface area contributed by atoms with Gasteiger partial charge in [-0.05, 0) is 18.2 Å². The highest BCUT2D eigenvalue weighted by Crippen LogP contribution is 2.24. The van der Waals surface area contributed by atoms with Crippen LogP contribution in [0.5, 0.6) is 0 Å². The van der Waals surface area contributed by atoms with E-state index in [1.165, 1.54) is 24.4 Å². The minimum atomic E-state index is -3.77. The van der Waals surface area contributed by atoms with Crippen LogP contribution in [0.25, 0.3) is 0 Å². The minimum absolute atomic E-state index is 0.00959. The summed E-state index contributed by atoms with van der Waals surface area (Å²) in [5, 5.41) is 4.52. The molecular formula is C12H13Cl2N3O3S. The zero-order valence-electron chi connectivity index (χ0n) is 11.1. The first kappa shape index (κ1) is 16.1. The first-order valence-corrected chi connectivity index (χ1v) is 8.15. The van der Waals surface area contributed by atoms with Gasteiger partial charge < -0.3 is 4.74 Å². The zero-order valence-corrected chi connectivity index (χ0v) is 13.4. The van der Waals surface area contributed by atoms with Crippen LogP contribution in [0.15, 0.2) is 35.5 Å². The number of nitrogens with one attached hydrogen (secondary N) is 1. The lowest BCUT2D eigenvalue weighted by Crippen LogP contribution is -2.12. The van der Waals surface area contributed by atoms with Gasteiger partial charge in [-0.25, -0.2) is 8.42 Å². The maximum atomic E-state index is 12.2. The third-order valence-electron chi connectivity index (χ3n) is 2.56. The Hall–Kier alpha value is -1.28. The third kappa shape index (κ3) is 4.34. The van der Waals surface area contributed by atoms with Gasteiger partial charge in [0, 0.05) is 23.4 Å². The van der Waals surface area contributed by atoms with E-state index in [9.17, 15) is 8.42 Å². The van der Waals surface area contributed by atoms with E-state index in [1.54, 1.807) is 18.0 Å². The second kappa shape index (κ2) is 6.65. The number of nitrogens with zero attached hydrogens (tertiary/aromatic N) is 2. The first-order chi connectivity index (χ1) is 9.90. The Morgan fingerprint density at radius 2 is 1.95 bits per heavy atom. The first-order valence-electron chi connectivity index (χ1n) is 5.91. The summed E-state index contributed by atoms with van der Waals surface area (Å²) in [5.74, 6) is 0. The van der Waals surface area contributed by atoms with Crippen LogP contribution in [0, 0.1) is 0 Å². The number of methoxy groups -OCH3 is 1. The predicted octanol–water partition coefficient (Wildman–Crippen LogP) is 2.64. The molecule has 0 fully saturated rings. The maximum Gasteiger partial charge on any atom is 0.262 e. The van der Waals surface area contributed by atoms with Crippen molar-refractivity contribution in [2.24, 2.45) is 0 Å². The van der Waals surface area contributed by atoms with E-state index in [1.807, 2.05) is 0 Å². The second-order valence-electron chi connectivity index (χ2n) is 4.20. The molecule has 2 rings (SSSR count). The summed E-state index contributed by atoms with van der Waals surface area (Å²) < 4.78 is 33.4. The molecule has 1 heterocycles. The molecule has 1 aromatic carbocycles. The van der Waals surface area contributed by atoms with Crippen LogP contribution >= 0.6 is 23.2 Å². The standard InChI is InChI=1S/C12H13Cl2N3O3S/c1-20-3-2-17-8-11(7-15-17)16-21(18,19)12-5-9(13)4-10(14)6-12/h4-8,16H,2-3H2,1H3. The molecule has 0 amide bonds. The highest BCUT2D eigenvalue weighted by atomic mass is 35.5. The molecular weight excluding hydrogens is 337 g/mol. The van der Waals surface area contributed by atoms with Crippen LogP contribution in [0.3, 0.4) is 0 Å². The number of sulfonamides is 1. The van der Waals surface area contributed by atoms with Gasteiger partial charge >= 0.3 is 0 Å². The third-order valence-corrected chi connectivity index (χ3v) is 4.35. The molecule has 0 aliphatic carbocycles. The normalized spacial score (nSPS) is 11.6. The average Bonchev–Trinajstić information content (AvgIpc) is 2.82. The Labute approximate surface area is 132 Å². The molecule has 0 unspecified atom stereocenters. The molecule has 0 atom stereocenters. The van der Waals surface area contributed by atoms with Crippen LogP contribution in [0.2, 0.25) is 10.0 Å². The largest absolute Gasteiger partial charge is 0.383 e. The minimum Gasteiger partial charge on any atom is -0.383 e. The van der Waals surface area contributed by atoms with Crippen molar-refractivity contribution >= 4 is 38.9 Å². The lowest BCUT2D eigenvalue weighted by Gasteiger charge is -2.07. The van der Waals surface area contributed by atoms with E-state index < -0.39 is 10.0 Å². The van der Waals surface area contributed by atoms with Gasteiger partial charge in [0.15, 0.2) is 0 Å². The summed E-state index contributed by atoms with van der Waals surface area (Å²) in [7, 11) is -2.19. The summed E-state index contributed by atoms with van der Waals surface area (Å²) in [6.45, 7) is 1.01. The Kier molecular flexibility index (Phi) is 5.10. The number of aromatic nitrogens is 2. The highest BCUT2D eigenvalue weighted by molar-refractivity contribution is 7.92. The van der Waals surface area contributed by atoms with Gasteiger partial charge in [0.2, 0.25) is 0 Å². The fourth-order valence-electron chi connectivity index (χ4n) is 1.62. The van der Waals surface area contributed by atoms with Crippen molar-refractivity contribution in [1.82, 2.24) is 9.78 Å². The van der Waals surface area contributed by atoms with Crippen molar-refractivity contribution in [1.29, 1.82) is 0 Å². The molecule has 0 bridgehead atoms. The fraction of sp³-hybridized carbons (Fsp3) is 0.250. The van der Waals surface area contributed by atoms with E-state index in [2.05, 4.69) is 9.82 Å². The van der Waals surface area contributed by atoms with Gasteiger partial charge in [0.05, 0.1) is 29.9 Å². The van der Waals surface area contributed by atoms with Crippen LogP contribution in [-0.2, 0) is 21.3 Å². The maximum absolute atomic E-state index is 12.2. The van der Waals surface area contributed by atoms with Crippen LogP contribution in [0.4, 0.5) is 5.69 Å². The summed E-state index contributed by atoms with van der Waals surface area (Å²) in [5.41, 5.74) is 0.349. The van der Waals surface area contributed by atoms with Gasteiger partial charge in [-0.3, -0.25) is 9.40 Å². The summed E-state index contributed by atoms with van der Waals surface area (Å²) in [6, 6.07) is 4.11. The van der Waals surface area contributed by atoms with Crippen molar-refractivity contribution in [2.45, 2.75) is 11.4 Å². The molecule has 114 valence electrons. The average molecular weight is 350 g/mol. The summed E-state index contributed by atoms with van der Waals surface area (Å²) in [4.78, 5) is -0.00959. The van der Waals surface area contributed by atoms with Gasteiger partial charge in [0.25, 0.3) is 10.0 Å².